The Morgan fingerprint density at radius 2 is 1.60 bits per heavy atom. The van der Waals surface area contributed by atoms with E-state index >= 15 is 0 Å². The van der Waals surface area contributed by atoms with Gasteiger partial charge < -0.3 is 0 Å². The molecule has 4 radical (unpaired) electrons. The van der Waals surface area contributed by atoms with E-state index < -0.39 is 0 Å². The molecule has 1 nitrogen and oxygen atoms in total. The maximum absolute atomic E-state index is 7.18. The fraction of sp³-hybridized carbons (Fsp3) is 0. The van der Waals surface area contributed by atoms with Crippen LogP contribution < -0.4 is 0 Å². The summed E-state index contributed by atoms with van der Waals surface area (Å²) in [5.74, 6) is 0. The van der Waals surface area contributed by atoms with Gasteiger partial charge in [-0.05, 0) is 0 Å². The predicted octanol–water partition coefficient (Wildman–Crippen LogP) is -0.364. The van der Waals surface area contributed by atoms with Gasteiger partial charge in [0.05, 0.1) is 0 Å². The molecule has 0 bridgehead atoms. The van der Waals surface area contributed by atoms with Gasteiger partial charge in [0.25, 0.3) is 0 Å². The maximum atomic E-state index is 7.18. The Balaban J connectivity index is -0.0000000200. The second kappa shape index (κ2) is 16.2. The zero-order valence-electron chi connectivity index (χ0n) is 2.84. The summed E-state index contributed by atoms with van der Waals surface area (Å²) in [6.45, 7) is 0. The molecule has 0 aromatic heterocycles. The Hall–Kier alpha value is 2.36. The molecule has 0 amide bonds. The zero-order valence-corrected chi connectivity index (χ0v) is 10.3. The van der Waals surface area contributed by atoms with Gasteiger partial charge in [-0.25, -0.2) is 0 Å². The second-order valence-corrected chi connectivity index (χ2v) is 0.300. The molecular formula is CHBiKNS. The van der Waals surface area contributed by atoms with Crippen LogP contribution in [-0.4, -0.2) is 77.6 Å². The summed E-state index contributed by atoms with van der Waals surface area (Å²) in [4.78, 5) is 0. The van der Waals surface area contributed by atoms with E-state index in [4.69, 9.17) is 5.26 Å². The topological polar surface area (TPSA) is 23.8 Å². The van der Waals surface area contributed by atoms with Crippen molar-refractivity contribution >= 4 is 90.2 Å². The van der Waals surface area contributed by atoms with Crippen LogP contribution in [0, 0.1) is 10.7 Å². The third-order valence-electron chi connectivity index (χ3n) is 0. The van der Waals surface area contributed by atoms with E-state index in [1.54, 1.807) is 0 Å². The summed E-state index contributed by atoms with van der Waals surface area (Å²) in [6, 6.07) is 0. The second-order valence-electron chi connectivity index (χ2n) is 0.100. The molecule has 0 atom stereocenters. The normalized spacial score (nSPS) is 1.60. The van der Waals surface area contributed by atoms with Crippen molar-refractivity contribution in [1.29, 1.82) is 5.26 Å². The van der Waals surface area contributed by atoms with Crippen molar-refractivity contribution in [1.82, 2.24) is 0 Å². The molecule has 0 aromatic rings. The van der Waals surface area contributed by atoms with Crippen molar-refractivity contribution in [3.63, 3.8) is 0 Å². The van der Waals surface area contributed by atoms with Gasteiger partial charge >= 0.3 is 0 Å². The molecule has 0 spiro atoms. The van der Waals surface area contributed by atoms with Crippen LogP contribution in [0.15, 0.2) is 0 Å². The molecule has 0 aromatic carbocycles. The van der Waals surface area contributed by atoms with Crippen molar-refractivity contribution in [2.45, 2.75) is 0 Å². The smallest absolute Gasteiger partial charge is 0.130 e. The summed E-state index contributed by atoms with van der Waals surface area (Å²) in [7, 11) is 0. The summed E-state index contributed by atoms with van der Waals surface area (Å²) in [5.41, 5.74) is 0. The van der Waals surface area contributed by atoms with Crippen LogP contribution in [0.25, 0.3) is 0 Å². The van der Waals surface area contributed by atoms with Gasteiger partial charge in [-0.3, -0.25) is 0 Å². The largest absolute Gasteiger partial charge is 0.185 e. The first kappa shape index (κ1) is 15.7. The van der Waals surface area contributed by atoms with Gasteiger partial charge in [0.1, 0.15) is 5.40 Å². The van der Waals surface area contributed by atoms with E-state index in [0.29, 0.717) is 0 Å². The number of nitrogens with zero attached hydrogens (tertiary/aromatic N) is 1. The van der Waals surface area contributed by atoms with Crippen LogP contribution in [0.1, 0.15) is 0 Å². The molecule has 0 N–H and O–H groups in total. The molecule has 0 saturated carbocycles. The zero-order chi connectivity index (χ0) is 2.71. The van der Waals surface area contributed by atoms with E-state index in [-0.39, 0.29) is 77.6 Å². The number of rotatable bonds is 0. The van der Waals surface area contributed by atoms with E-state index in [2.05, 4.69) is 12.6 Å². The fourth-order valence-electron chi connectivity index (χ4n) is 0. The first-order valence-corrected chi connectivity index (χ1v) is 0.894. The minimum atomic E-state index is 0. The van der Waals surface area contributed by atoms with Gasteiger partial charge in [0.2, 0.25) is 0 Å². The quantitative estimate of drug-likeness (QED) is 0.369. The van der Waals surface area contributed by atoms with Crippen molar-refractivity contribution < 1.29 is 0 Å². The number of thiocyanates is 1. The Morgan fingerprint density at radius 3 is 1.60 bits per heavy atom. The molecule has 22 valence electrons. The average molecular weight is 307 g/mol. The monoisotopic (exact) mass is 307 g/mol. The van der Waals surface area contributed by atoms with Crippen LogP contribution in [-0.2, 0) is 0 Å². The summed E-state index contributed by atoms with van der Waals surface area (Å²) >= 11 is 3.09. The van der Waals surface area contributed by atoms with E-state index in [1.165, 1.54) is 5.40 Å². The molecule has 0 heterocycles. The van der Waals surface area contributed by atoms with Crippen LogP contribution >= 0.6 is 12.6 Å². The number of hydrogen-bond acceptors (Lipinski definition) is 2. The molecule has 5 heavy (non-hydrogen) atoms. The molecule has 0 aliphatic carbocycles. The van der Waals surface area contributed by atoms with Crippen LogP contribution in [0.3, 0.4) is 0 Å². The fourth-order valence-corrected chi connectivity index (χ4v) is 0. The van der Waals surface area contributed by atoms with E-state index in [1.807, 2.05) is 0 Å². The molecule has 0 unspecified atom stereocenters. The molecule has 0 rings (SSSR count). The van der Waals surface area contributed by atoms with Crippen molar-refractivity contribution in [3.8, 4) is 5.40 Å². The molecule has 0 fully saturated rings. The first-order chi connectivity index (χ1) is 1.41. The van der Waals surface area contributed by atoms with Crippen molar-refractivity contribution in [2.24, 2.45) is 0 Å². The third-order valence-corrected chi connectivity index (χ3v) is 0. The minimum Gasteiger partial charge on any atom is -0.185 e. The third kappa shape index (κ3) is 21.7. The summed E-state index contributed by atoms with van der Waals surface area (Å²) in [6.07, 6.45) is 0. The van der Waals surface area contributed by atoms with Crippen molar-refractivity contribution in [3.05, 3.63) is 0 Å². The van der Waals surface area contributed by atoms with Gasteiger partial charge in [0, 0.05) is 77.6 Å². The van der Waals surface area contributed by atoms with Crippen LogP contribution in [0.4, 0.5) is 0 Å². The Labute approximate surface area is 98.5 Å². The van der Waals surface area contributed by atoms with Crippen LogP contribution in [0.5, 0.6) is 0 Å². The molecular weight excluding hydrogens is 306 g/mol. The molecule has 0 aliphatic rings. The Morgan fingerprint density at radius 1 is 1.60 bits per heavy atom. The molecule has 0 saturated heterocycles. The SMILES string of the molecule is N#CS.[Bi].[K]. The van der Waals surface area contributed by atoms with Gasteiger partial charge in [-0.15, -0.1) is 0 Å². The van der Waals surface area contributed by atoms with Gasteiger partial charge in [-0.2, -0.15) is 5.26 Å². The number of thiol groups is 1. The van der Waals surface area contributed by atoms with Gasteiger partial charge in [-0.1, -0.05) is 12.6 Å². The number of nitriles is 1. The standard InChI is InChI=1S/CHNS.Bi.K/c2-1-3;;/h3H;;. The minimum absolute atomic E-state index is 0. The summed E-state index contributed by atoms with van der Waals surface area (Å²) in [5, 5.41) is 8.63. The van der Waals surface area contributed by atoms with Gasteiger partial charge in [0.15, 0.2) is 0 Å². The van der Waals surface area contributed by atoms with Crippen LogP contribution in [0.2, 0.25) is 0 Å². The Kier molecular flexibility index (Phi) is 50.7. The number of hydrogen-bond donors (Lipinski definition) is 1. The Bertz CT molecular complexity index is 33.1. The van der Waals surface area contributed by atoms with E-state index in [9.17, 15) is 0 Å². The first-order valence-electron chi connectivity index (χ1n) is 0.447. The average Bonchev–Trinajstić information content (AvgIpc) is 0.918. The molecule has 4 heteroatoms. The van der Waals surface area contributed by atoms with Crippen molar-refractivity contribution in [2.75, 3.05) is 0 Å². The van der Waals surface area contributed by atoms with E-state index in [0.717, 1.165) is 0 Å². The summed E-state index contributed by atoms with van der Waals surface area (Å²) < 4.78 is 0. The molecule has 0 aliphatic heterocycles. The predicted molar refractivity (Wildman–Crippen MR) is 26.1 cm³/mol. The maximum Gasteiger partial charge on any atom is 0.130 e.